The number of carbonyl (C=O) groups excluding carboxylic acids is 1. The predicted molar refractivity (Wildman–Crippen MR) is 109 cm³/mol. The Balaban J connectivity index is 1.71. The van der Waals surface area contributed by atoms with Crippen molar-refractivity contribution in [3.05, 3.63) is 70.9 Å². The van der Waals surface area contributed by atoms with Crippen LogP contribution in [0.5, 0.6) is 0 Å². The maximum atomic E-state index is 14.1. The molecule has 3 rings (SSSR count). The molecule has 0 atom stereocenters. The number of nitrogens with one attached hydrogen (secondary N) is 2. The Bertz CT molecular complexity index is 1060. The Kier molecular flexibility index (Phi) is 6.50. The number of rotatable bonds is 6. The third kappa shape index (κ3) is 5.54. The summed E-state index contributed by atoms with van der Waals surface area (Å²) in [5.41, 5.74) is 7.78. The molecule has 4 N–H and O–H groups in total. The number of nitrogens with zero attached hydrogens (tertiary/aromatic N) is 2. The number of pyridine rings is 1. The zero-order valence-corrected chi connectivity index (χ0v) is 16.2. The molecule has 2 heterocycles. The van der Waals surface area contributed by atoms with Gasteiger partial charge in [-0.1, -0.05) is 6.07 Å². The van der Waals surface area contributed by atoms with E-state index < -0.39 is 24.4 Å². The van der Waals surface area contributed by atoms with Gasteiger partial charge in [-0.2, -0.15) is 13.2 Å². The lowest BCUT2D eigenvalue weighted by Crippen LogP contribution is -2.29. The molecule has 0 fully saturated rings. The minimum absolute atomic E-state index is 0.0406. The molecule has 0 radical (unpaired) electrons. The molecule has 0 saturated heterocycles. The van der Waals surface area contributed by atoms with Crippen LogP contribution in [0, 0.1) is 11.2 Å². The van der Waals surface area contributed by atoms with Crippen molar-refractivity contribution >= 4 is 29.5 Å². The van der Waals surface area contributed by atoms with Gasteiger partial charge in [0.15, 0.2) is 0 Å². The summed E-state index contributed by atoms with van der Waals surface area (Å²) < 4.78 is 51.9. The third-order valence-electron chi connectivity index (χ3n) is 4.63. The Morgan fingerprint density at radius 3 is 2.68 bits per heavy atom. The summed E-state index contributed by atoms with van der Waals surface area (Å²) in [6, 6.07) is 4.93. The standard InChI is InChI=1S/C21H19F4N5O/c22-18-9-28-8-13(20(18)16(6-26)7-27)2-4-19(31)29-17-3-1-14-10-30(11-15(14)5-17)12-21(23,24)25/h1-9,26H,10-12,27H2,(H,29,31)/b4-2+,16-7?,26-6?. The van der Waals surface area contributed by atoms with Gasteiger partial charge in [-0.3, -0.25) is 14.7 Å². The Hall–Kier alpha value is -3.53. The highest BCUT2D eigenvalue weighted by atomic mass is 19.4. The highest BCUT2D eigenvalue weighted by molar-refractivity contribution is 6.10. The van der Waals surface area contributed by atoms with Crippen molar-refractivity contribution in [1.29, 1.82) is 5.41 Å². The van der Waals surface area contributed by atoms with Crippen molar-refractivity contribution in [1.82, 2.24) is 9.88 Å². The van der Waals surface area contributed by atoms with Gasteiger partial charge in [-0.15, -0.1) is 0 Å². The Labute approximate surface area is 175 Å². The second kappa shape index (κ2) is 9.09. The molecule has 31 heavy (non-hydrogen) atoms. The van der Waals surface area contributed by atoms with Gasteiger partial charge in [-0.05, 0) is 29.3 Å². The van der Waals surface area contributed by atoms with Gasteiger partial charge in [0.25, 0.3) is 0 Å². The minimum atomic E-state index is -4.27. The first-order valence-corrected chi connectivity index (χ1v) is 9.16. The Morgan fingerprint density at radius 1 is 1.26 bits per heavy atom. The van der Waals surface area contributed by atoms with Crippen molar-refractivity contribution in [2.24, 2.45) is 5.73 Å². The molecule has 1 aromatic carbocycles. The van der Waals surface area contributed by atoms with Gasteiger partial charge >= 0.3 is 6.18 Å². The van der Waals surface area contributed by atoms with Crippen LogP contribution in [0.2, 0.25) is 0 Å². The van der Waals surface area contributed by atoms with E-state index in [0.29, 0.717) is 11.3 Å². The highest BCUT2D eigenvalue weighted by Gasteiger charge is 2.33. The Morgan fingerprint density at radius 2 is 2.00 bits per heavy atom. The monoisotopic (exact) mass is 433 g/mol. The first kappa shape index (κ1) is 22.2. The SMILES string of the molecule is N=CC(=CN)c1c(F)cncc1/C=C/C(=O)Nc1ccc2c(c1)CN(CC(F)(F)F)C2. The van der Waals surface area contributed by atoms with Crippen LogP contribution in [-0.2, 0) is 17.9 Å². The van der Waals surface area contributed by atoms with Crippen molar-refractivity contribution in [2.45, 2.75) is 19.3 Å². The van der Waals surface area contributed by atoms with Crippen LogP contribution in [0.15, 0.2) is 42.9 Å². The molecular weight excluding hydrogens is 414 g/mol. The third-order valence-corrected chi connectivity index (χ3v) is 4.63. The lowest BCUT2D eigenvalue weighted by atomic mass is 10.0. The second-order valence-electron chi connectivity index (χ2n) is 6.92. The number of halogens is 4. The van der Waals surface area contributed by atoms with Crippen LogP contribution in [-0.4, -0.2) is 34.7 Å². The van der Waals surface area contributed by atoms with E-state index in [0.717, 1.165) is 24.2 Å². The normalized spacial score (nSPS) is 14.6. The van der Waals surface area contributed by atoms with E-state index in [1.807, 2.05) is 0 Å². The van der Waals surface area contributed by atoms with E-state index in [-0.39, 0.29) is 29.8 Å². The number of benzene rings is 1. The molecule has 0 bridgehead atoms. The zero-order valence-electron chi connectivity index (χ0n) is 16.2. The number of alkyl halides is 3. The number of fused-ring (bicyclic) bond motifs is 1. The summed E-state index contributed by atoms with van der Waals surface area (Å²) in [4.78, 5) is 17.3. The van der Waals surface area contributed by atoms with Gasteiger partial charge in [0.05, 0.1) is 12.7 Å². The molecule has 10 heteroatoms. The average molecular weight is 433 g/mol. The van der Waals surface area contributed by atoms with Crippen molar-refractivity contribution in [2.75, 3.05) is 11.9 Å². The van der Waals surface area contributed by atoms with Crippen LogP contribution >= 0.6 is 0 Å². The molecule has 0 unspecified atom stereocenters. The lowest BCUT2D eigenvalue weighted by molar-refractivity contribution is -0.147. The van der Waals surface area contributed by atoms with E-state index >= 15 is 0 Å². The number of allylic oxidation sites excluding steroid dienone is 1. The van der Waals surface area contributed by atoms with Gasteiger partial charge in [0.1, 0.15) is 5.82 Å². The number of amides is 1. The molecule has 1 aliphatic rings. The predicted octanol–water partition coefficient (Wildman–Crippen LogP) is 3.70. The largest absolute Gasteiger partial charge is 0.404 e. The maximum Gasteiger partial charge on any atom is 0.401 e. The van der Waals surface area contributed by atoms with Crippen molar-refractivity contribution in [3.63, 3.8) is 0 Å². The number of aromatic nitrogens is 1. The summed E-state index contributed by atoms with van der Waals surface area (Å²) in [7, 11) is 0. The zero-order chi connectivity index (χ0) is 22.6. The molecular formula is C21H19F4N5O. The maximum absolute atomic E-state index is 14.1. The van der Waals surface area contributed by atoms with Gasteiger partial charge in [0, 0.05) is 60.2 Å². The fraction of sp³-hybridized carbons (Fsp3) is 0.190. The first-order valence-electron chi connectivity index (χ1n) is 9.16. The number of hydrogen-bond donors (Lipinski definition) is 3. The van der Waals surface area contributed by atoms with Crippen LogP contribution in [0.4, 0.5) is 23.2 Å². The number of anilines is 1. The van der Waals surface area contributed by atoms with Crippen LogP contribution in [0.3, 0.4) is 0 Å². The molecule has 1 amide bonds. The molecule has 6 nitrogen and oxygen atoms in total. The molecule has 162 valence electrons. The van der Waals surface area contributed by atoms with Crippen LogP contribution in [0.25, 0.3) is 11.6 Å². The molecule has 1 aliphatic heterocycles. The van der Waals surface area contributed by atoms with Crippen molar-refractivity contribution < 1.29 is 22.4 Å². The van der Waals surface area contributed by atoms with Gasteiger partial charge in [0.2, 0.25) is 5.91 Å². The number of hydrogen-bond acceptors (Lipinski definition) is 5. The van der Waals surface area contributed by atoms with Crippen LogP contribution in [0.1, 0.15) is 22.3 Å². The van der Waals surface area contributed by atoms with E-state index in [1.54, 1.807) is 18.2 Å². The second-order valence-corrected chi connectivity index (χ2v) is 6.92. The lowest BCUT2D eigenvalue weighted by Gasteiger charge is -2.16. The molecule has 0 saturated carbocycles. The summed E-state index contributed by atoms with van der Waals surface area (Å²) in [5.74, 6) is -1.21. The molecule has 0 spiro atoms. The summed E-state index contributed by atoms with van der Waals surface area (Å²) in [6.07, 6.45) is 2.52. The molecule has 2 aromatic rings. The van der Waals surface area contributed by atoms with Gasteiger partial charge in [-0.25, -0.2) is 4.39 Å². The van der Waals surface area contributed by atoms with E-state index in [1.165, 1.54) is 23.2 Å². The number of nitrogens with two attached hydrogens (primary N) is 1. The first-order chi connectivity index (χ1) is 14.7. The highest BCUT2D eigenvalue weighted by Crippen LogP contribution is 2.29. The van der Waals surface area contributed by atoms with E-state index in [9.17, 15) is 22.4 Å². The molecule has 0 aliphatic carbocycles. The quantitative estimate of drug-likeness (QED) is 0.368. The van der Waals surface area contributed by atoms with Crippen molar-refractivity contribution in [3.8, 4) is 0 Å². The smallest absolute Gasteiger partial charge is 0.401 e. The number of carbonyl (C=O) groups is 1. The van der Waals surface area contributed by atoms with E-state index in [4.69, 9.17) is 11.1 Å². The van der Waals surface area contributed by atoms with Crippen LogP contribution < -0.4 is 11.1 Å². The van der Waals surface area contributed by atoms with Gasteiger partial charge < -0.3 is 16.5 Å². The topological polar surface area (TPSA) is 95.1 Å². The fourth-order valence-corrected chi connectivity index (χ4v) is 3.34. The fourth-order valence-electron chi connectivity index (χ4n) is 3.34. The summed E-state index contributed by atoms with van der Waals surface area (Å²) >= 11 is 0. The minimum Gasteiger partial charge on any atom is -0.404 e. The van der Waals surface area contributed by atoms with E-state index in [2.05, 4.69) is 10.3 Å². The average Bonchev–Trinajstić information content (AvgIpc) is 3.08. The summed E-state index contributed by atoms with van der Waals surface area (Å²) in [5, 5.41) is 9.98. The summed E-state index contributed by atoms with van der Waals surface area (Å²) in [6.45, 7) is -0.655. The molecule has 1 aromatic heterocycles.